The minimum Gasteiger partial charge on any atom is -0.497 e. The molecule has 0 unspecified atom stereocenters. The van der Waals surface area contributed by atoms with Gasteiger partial charge in [-0.05, 0) is 52.6 Å². The summed E-state index contributed by atoms with van der Waals surface area (Å²) in [5.41, 5.74) is 5.48. The van der Waals surface area contributed by atoms with Gasteiger partial charge in [0.05, 0.1) is 7.11 Å². The lowest BCUT2D eigenvalue weighted by molar-refractivity contribution is 0.0978. The van der Waals surface area contributed by atoms with Crippen molar-refractivity contribution in [3.8, 4) is 5.75 Å². The van der Waals surface area contributed by atoms with Gasteiger partial charge in [-0.1, -0.05) is 64.5 Å². The molecule has 3 aromatic carbocycles. The second-order valence-corrected chi connectivity index (χ2v) is 7.46. The molecule has 0 heterocycles. The van der Waals surface area contributed by atoms with Gasteiger partial charge in [-0.15, -0.1) is 0 Å². The molecule has 0 fully saturated rings. The molecule has 2 nitrogen and oxygen atoms in total. The Kier molecular flexibility index (Phi) is 4.95. The monoisotopic (exact) mass is 418 g/mol. The molecule has 0 saturated heterocycles. The standard InChI is InChI=1S/C24H19BrO2/c1-27-18-12-10-16(11-13-18)24(26)15-17-14-22(20-7-3-2-6-19(17)20)21-8-4-5-9-23(21)25/h2-14,17H,15H2,1H3/t17-/m1/s1. The zero-order valence-electron chi connectivity index (χ0n) is 15.0. The van der Waals surface area contributed by atoms with E-state index in [0.29, 0.717) is 6.42 Å². The number of carbonyl (C=O) groups is 1. The maximum absolute atomic E-state index is 12.8. The van der Waals surface area contributed by atoms with E-state index in [2.05, 4.69) is 52.3 Å². The topological polar surface area (TPSA) is 26.3 Å². The predicted octanol–water partition coefficient (Wildman–Crippen LogP) is 6.26. The van der Waals surface area contributed by atoms with Gasteiger partial charge in [0.25, 0.3) is 0 Å². The third-order valence-corrected chi connectivity index (χ3v) is 5.69. The van der Waals surface area contributed by atoms with Crippen LogP contribution in [0.5, 0.6) is 5.75 Å². The quantitative estimate of drug-likeness (QED) is 0.457. The Morgan fingerprint density at radius 2 is 1.59 bits per heavy atom. The minimum absolute atomic E-state index is 0.0814. The van der Waals surface area contributed by atoms with Gasteiger partial charge in [-0.2, -0.15) is 0 Å². The van der Waals surface area contributed by atoms with E-state index in [0.717, 1.165) is 21.3 Å². The fraction of sp³-hybridized carbons (Fsp3) is 0.125. The van der Waals surface area contributed by atoms with E-state index in [4.69, 9.17) is 4.74 Å². The summed E-state index contributed by atoms with van der Waals surface area (Å²) in [7, 11) is 1.63. The number of Topliss-reactive ketones (excluding diaryl/α,β-unsaturated/α-hetero) is 1. The van der Waals surface area contributed by atoms with Crippen LogP contribution in [0.2, 0.25) is 0 Å². The van der Waals surface area contributed by atoms with Gasteiger partial charge in [0, 0.05) is 22.4 Å². The van der Waals surface area contributed by atoms with Gasteiger partial charge in [0.2, 0.25) is 0 Å². The van der Waals surface area contributed by atoms with E-state index < -0.39 is 0 Å². The van der Waals surface area contributed by atoms with E-state index >= 15 is 0 Å². The summed E-state index contributed by atoms with van der Waals surface area (Å²) < 4.78 is 6.24. The Hall–Kier alpha value is -2.65. The molecule has 134 valence electrons. The van der Waals surface area contributed by atoms with Crippen molar-refractivity contribution in [2.45, 2.75) is 12.3 Å². The zero-order chi connectivity index (χ0) is 18.8. The molecule has 1 aliphatic rings. The van der Waals surface area contributed by atoms with Crippen molar-refractivity contribution in [3.05, 3.63) is 106 Å². The molecule has 0 aliphatic heterocycles. The van der Waals surface area contributed by atoms with Crippen molar-refractivity contribution in [1.82, 2.24) is 0 Å². The van der Waals surface area contributed by atoms with E-state index in [-0.39, 0.29) is 11.7 Å². The Morgan fingerprint density at radius 1 is 0.926 bits per heavy atom. The Balaban J connectivity index is 1.66. The molecule has 3 aromatic rings. The highest BCUT2D eigenvalue weighted by molar-refractivity contribution is 9.10. The first kappa shape index (κ1) is 17.7. The van der Waals surface area contributed by atoms with Gasteiger partial charge < -0.3 is 4.74 Å². The number of hydrogen-bond acceptors (Lipinski definition) is 2. The fourth-order valence-corrected chi connectivity index (χ4v) is 4.12. The van der Waals surface area contributed by atoms with Crippen molar-refractivity contribution in [2.75, 3.05) is 7.11 Å². The van der Waals surface area contributed by atoms with Crippen molar-refractivity contribution in [3.63, 3.8) is 0 Å². The van der Waals surface area contributed by atoms with Gasteiger partial charge in [0.15, 0.2) is 5.78 Å². The summed E-state index contributed by atoms with van der Waals surface area (Å²) in [5.74, 6) is 0.980. The number of allylic oxidation sites excluding steroid dienone is 1. The van der Waals surface area contributed by atoms with Crippen LogP contribution in [0.1, 0.15) is 39.4 Å². The van der Waals surface area contributed by atoms with Crippen LogP contribution in [0.4, 0.5) is 0 Å². The maximum Gasteiger partial charge on any atom is 0.163 e. The van der Waals surface area contributed by atoms with E-state index in [1.807, 2.05) is 42.5 Å². The first-order valence-corrected chi connectivity index (χ1v) is 9.70. The molecular weight excluding hydrogens is 400 g/mol. The molecule has 27 heavy (non-hydrogen) atoms. The molecule has 1 aliphatic carbocycles. The molecule has 0 saturated carbocycles. The highest BCUT2D eigenvalue weighted by Crippen LogP contribution is 2.43. The zero-order valence-corrected chi connectivity index (χ0v) is 16.6. The van der Waals surface area contributed by atoms with Crippen LogP contribution >= 0.6 is 15.9 Å². The van der Waals surface area contributed by atoms with Gasteiger partial charge in [-0.25, -0.2) is 0 Å². The molecule has 0 bridgehead atoms. The molecule has 0 spiro atoms. The number of halogens is 1. The number of carbonyl (C=O) groups excluding carboxylic acids is 1. The van der Waals surface area contributed by atoms with Crippen molar-refractivity contribution in [1.29, 1.82) is 0 Å². The van der Waals surface area contributed by atoms with Crippen LogP contribution in [0.3, 0.4) is 0 Å². The Labute approximate surface area is 167 Å². The van der Waals surface area contributed by atoms with E-state index in [9.17, 15) is 4.79 Å². The predicted molar refractivity (Wildman–Crippen MR) is 112 cm³/mol. The third-order valence-electron chi connectivity index (χ3n) is 5.00. The van der Waals surface area contributed by atoms with E-state index in [1.54, 1.807) is 7.11 Å². The summed E-state index contributed by atoms with van der Waals surface area (Å²) in [6.07, 6.45) is 2.68. The van der Waals surface area contributed by atoms with Crippen LogP contribution in [-0.2, 0) is 0 Å². The van der Waals surface area contributed by atoms with Gasteiger partial charge >= 0.3 is 0 Å². The number of ketones is 1. The van der Waals surface area contributed by atoms with Gasteiger partial charge in [0.1, 0.15) is 5.75 Å². The maximum atomic E-state index is 12.8. The van der Waals surface area contributed by atoms with E-state index in [1.165, 1.54) is 16.7 Å². The molecule has 3 heteroatoms. The first-order chi connectivity index (χ1) is 13.2. The lowest BCUT2D eigenvalue weighted by atomic mass is 9.93. The Bertz CT molecular complexity index is 1020. The van der Waals surface area contributed by atoms with Crippen LogP contribution in [-0.4, -0.2) is 12.9 Å². The van der Waals surface area contributed by atoms with Gasteiger partial charge in [-0.3, -0.25) is 4.79 Å². The first-order valence-electron chi connectivity index (χ1n) is 8.90. The summed E-state index contributed by atoms with van der Waals surface area (Å²) in [5, 5.41) is 0. The smallest absolute Gasteiger partial charge is 0.163 e. The molecule has 0 N–H and O–H groups in total. The highest BCUT2D eigenvalue weighted by Gasteiger charge is 2.26. The fourth-order valence-electron chi connectivity index (χ4n) is 3.62. The lowest BCUT2D eigenvalue weighted by Crippen LogP contribution is -2.05. The number of rotatable bonds is 5. The summed E-state index contributed by atoms with van der Waals surface area (Å²) >= 11 is 3.66. The van der Waals surface area contributed by atoms with Crippen LogP contribution in [0, 0.1) is 0 Å². The molecule has 0 amide bonds. The number of benzene rings is 3. The largest absolute Gasteiger partial charge is 0.497 e. The number of ether oxygens (including phenoxy) is 1. The lowest BCUT2D eigenvalue weighted by Gasteiger charge is -2.10. The molecule has 4 rings (SSSR count). The minimum atomic E-state index is 0.0814. The molecule has 0 aromatic heterocycles. The number of fused-ring (bicyclic) bond motifs is 1. The average Bonchev–Trinajstić information content (AvgIpc) is 3.07. The third kappa shape index (κ3) is 3.47. The summed E-state index contributed by atoms with van der Waals surface area (Å²) in [6.45, 7) is 0. The van der Waals surface area contributed by atoms with Crippen LogP contribution in [0.25, 0.3) is 5.57 Å². The summed E-state index contributed by atoms with van der Waals surface area (Å²) in [6, 6.07) is 23.9. The van der Waals surface area contributed by atoms with Crippen molar-refractivity contribution in [2.24, 2.45) is 0 Å². The highest BCUT2D eigenvalue weighted by atomic mass is 79.9. The van der Waals surface area contributed by atoms with Crippen molar-refractivity contribution < 1.29 is 9.53 Å². The second-order valence-electron chi connectivity index (χ2n) is 6.61. The van der Waals surface area contributed by atoms with Crippen LogP contribution < -0.4 is 4.74 Å². The molecular formula is C24H19BrO2. The average molecular weight is 419 g/mol. The summed E-state index contributed by atoms with van der Waals surface area (Å²) in [4.78, 5) is 12.8. The molecule has 0 radical (unpaired) electrons. The normalized spacial score (nSPS) is 15.2. The SMILES string of the molecule is COc1ccc(C(=O)C[C@H]2C=C(c3ccccc3Br)c3ccccc32)cc1. The Morgan fingerprint density at radius 3 is 2.30 bits per heavy atom. The van der Waals surface area contributed by atoms with Crippen molar-refractivity contribution >= 4 is 27.3 Å². The number of methoxy groups -OCH3 is 1. The number of hydrogen-bond donors (Lipinski definition) is 0. The second kappa shape index (κ2) is 7.53. The van der Waals surface area contributed by atoms with Crippen LogP contribution in [0.15, 0.2) is 83.3 Å². The molecule has 1 atom stereocenters.